The van der Waals surface area contributed by atoms with E-state index < -0.39 is 0 Å². The molecule has 0 aliphatic carbocycles. The number of anilines is 1. The maximum atomic E-state index is 4.30. The van der Waals surface area contributed by atoms with Gasteiger partial charge in [0, 0.05) is 33.7 Å². The van der Waals surface area contributed by atoms with E-state index in [4.69, 9.17) is 0 Å². The number of aromatic nitrogens is 4. The highest BCUT2D eigenvalue weighted by atomic mass is 127. The second-order valence-electron chi connectivity index (χ2n) is 6.35. The van der Waals surface area contributed by atoms with Crippen molar-refractivity contribution in [2.75, 3.05) is 32.0 Å². The van der Waals surface area contributed by atoms with Gasteiger partial charge in [-0.3, -0.25) is 9.67 Å². The lowest BCUT2D eigenvalue weighted by atomic mass is 10.0. The maximum absolute atomic E-state index is 4.30. The van der Waals surface area contributed by atoms with Crippen LogP contribution in [0.4, 0.5) is 5.82 Å². The molecule has 28 heavy (non-hydrogen) atoms. The first-order valence-corrected chi connectivity index (χ1v) is 9.05. The van der Waals surface area contributed by atoms with Gasteiger partial charge in [0.15, 0.2) is 11.6 Å². The van der Waals surface area contributed by atoms with Crippen molar-refractivity contribution in [1.29, 1.82) is 0 Å². The number of rotatable bonds is 7. The van der Waals surface area contributed by atoms with Gasteiger partial charge in [-0.25, -0.2) is 9.97 Å². The normalized spacial score (nSPS) is 12.3. The Morgan fingerprint density at radius 1 is 1.14 bits per heavy atom. The van der Waals surface area contributed by atoms with Crippen LogP contribution in [0.1, 0.15) is 18.4 Å². The Hall–Kier alpha value is -2.43. The van der Waals surface area contributed by atoms with Crippen LogP contribution in [0, 0.1) is 0 Å². The molecule has 8 nitrogen and oxygen atoms in total. The van der Waals surface area contributed by atoms with Crippen LogP contribution in [0.15, 0.2) is 47.8 Å². The molecule has 2 heterocycles. The molecule has 1 atom stereocenters. The van der Waals surface area contributed by atoms with E-state index in [0.717, 1.165) is 29.4 Å². The smallest absolute Gasteiger partial charge is 0.191 e. The van der Waals surface area contributed by atoms with E-state index in [1.54, 1.807) is 24.3 Å². The van der Waals surface area contributed by atoms with Gasteiger partial charge in [-0.05, 0) is 11.5 Å². The van der Waals surface area contributed by atoms with E-state index >= 15 is 0 Å². The van der Waals surface area contributed by atoms with Crippen molar-refractivity contribution in [3.05, 3.63) is 48.4 Å². The minimum atomic E-state index is 0. The summed E-state index contributed by atoms with van der Waals surface area (Å²) in [6.07, 6.45) is 3.32. The topological polar surface area (TPSA) is 92.1 Å². The lowest BCUT2D eigenvalue weighted by Crippen LogP contribution is -2.41. The van der Waals surface area contributed by atoms with E-state index in [1.807, 2.05) is 13.1 Å². The molecule has 150 valence electrons. The zero-order valence-electron chi connectivity index (χ0n) is 16.4. The summed E-state index contributed by atoms with van der Waals surface area (Å²) in [5.74, 6) is 1.98. The average molecular weight is 494 g/mol. The van der Waals surface area contributed by atoms with Crippen LogP contribution < -0.4 is 16.0 Å². The molecule has 2 aromatic heterocycles. The van der Waals surface area contributed by atoms with E-state index in [9.17, 15) is 0 Å². The molecule has 3 rings (SSSR count). The number of benzene rings is 1. The molecule has 0 aliphatic heterocycles. The molecule has 0 spiro atoms. The van der Waals surface area contributed by atoms with Crippen molar-refractivity contribution in [2.45, 2.75) is 12.8 Å². The molecule has 0 radical (unpaired) electrons. The fourth-order valence-electron chi connectivity index (χ4n) is 2.83. The number of guanidine groups is 1. The van der Waals surface area contributed by atoms with E-state index in [-0.39, 0.29) is 24.0 Å². The zero-order chi connectivity index (χ0) is 19.1. The number of nitrogens with zero attached hydrogens (tertiary/aromatic N) is 5. The highest BCUT2D eigenvalue weighted by molar-refractivity contribution is 14.0. The summed E-state index contributed by atoms with van der Waals surface area (Å²) in [4.78, 5) is 12.8. The number of aliphatic imine (C=N–C) groups is 1. The molecule has 0 bridgehead atoms. The Balaban J connectivity index is 0.00000280. The molecule has 0 aliphatic rings. The first kappa shape index (κ1) is 21.9. The summed E-state index contributed by atoms with van der Waals surface area (Å²) in [5.41, 5.74) is 2.12. The Labute approximate surface area is 182 Å². The summed E-state index contributed by atoms with van der Waals surface area (Å²) >= 11 is 0. The van der Waals surface area contributed by atoms with Gasteiger partial charge >= 0.3 is 0 Å². The Morgan fingerprint density at radius 2 is 1.93 bits per heavy atom. The molecule has 3 aromatic rings. The molecule has 0 saturated heterocycles. The standard InChI is InChI=1S/C19H26N8.HI/c1-14(15-7-5-4-6-8-15)11-23-19(20-2)22-10-9-21-17-16-12-26-27(3)18(16)25-13-24-17;/h4-8,12-14H,9-11H2,1-3H3,(H2,20,22,23)(H,21,24,25);1H. The van der Waals surface area contributed by atoms with Gasteiger partial charge in [0.25, 0.3) is 0 Å². The van der Waals surface area contributed by atoms with E-state index in [1.165, 1.54) is 5.56 Å². The summed E-state index contributed by atoms with van der Waals surface area (Å²) in [7, 11) is 3.65. The Morgan fingerprint density at radius 3 is 2.68 bits per heavy atom. The van der Waals surface area contributed by atoms with Crippen molar-refractivity contribution in [3.63, 3.8) is 0 Å². The van der Waals surface area contributed by atoms with Gasteiger partial charge in [-0.15, -0.1) is 24.0 Å². The van der Waals surface area contributed by atoms with Crippen molar-refractivity contribution in [2.24, 2.45) is 12.0 Å². The SMILES string of the molecule is CN=C(NCCNc1ncnc2c1cnn2C)NCC(C)c1ccccc1.I. The van der Waals surface area contributed by atoms with Gasteiger partial charge in [-0.1, -0.05) is 37.3 Å². The predicted molar refractivity (Wildman–Crippen MR) is 124 cm³/mol. The number of aryl methyl sites for hydroxylation is 1. The highest BCUT2D eigenvalue weighted by Crippen LogP contribution is 2.17. The van der Waals surface area contributed by atoms with Gasteiger partial charge in [0.2, 0.25) is 0 Å². The van der Waals surface area contributed by atoms with Crippen molar-refractivity contribution >= 4 is 46.8 Å². The number of halogens is 1. The maximum Gasteiger partial charge on any atom is 0.191 e. The largest absolute Gasteiger partial charge is 0.368 e. The van der Waals surface area contributed by atoms with Crippen LogP contribution in [-0.4, -0.2) is 52.4 Å². The van der Waals surface area contributed by atoms with Crippen LogP contribution in [0.2, 0.25) is 0 Å². The number of fused-ring (bicyclic) bond motifs is 1. The molecule has 0 fully saturated rings. The van der Waals surface area contributed by atoms with Gasteiger partial charge in [0.1, 0.15) is 12.1 Å². The molecule has 0 amide bonds. The number of nitrogens with one attached hydrogen (secondary N) is 3. The third-order valence-electron chi connectivity index (χ3n) is 4.41. The van der Waals surface area contributed by atoms with E-state index in [2.05, 4.69) is 67.2 Å². The highest BCUT2D eigenvalue weighted by Gasteiger charge is 2.08. The quantitative estimate of drug-likeness (QED) is 0.202. The minimum absolute atomic E-state index is 0. The molecule has 0 saturated carbocycles. The summed E-state index contributed by atoms with van der Waals surface area (Å²) < 4.78 is 1.74. The third kappa shape index (κ3) is 5.54. The molecular weight excluding hydrogens is 467 g/mol. The lowest BCUT2D eigenvalue weighted by Gasteiger charge is -2.16. The number of hydrogen-bond donors (Lipinski definition) is 3. The van der Waals surface area contributed by atoms with Gasteiger partial charge in [-0.2, -0.15) is 5.10 Å². The second kappa shape index (κ2) is 10.8. The molecule has 9 heteroatoms. The third-order valence-corrected chi connectivity index (χ3v) is 4.41. The summed E-state index contributed by atoms with van der Waals surface area (Å²) in [6.45, 7) is 4.44. The molecule has 1 unspecified atom stereocenters. The predicted octanol–water partition coefficient (Wildman–Crippen LogP) is 2.36. The first-order valence-electron chi connectivity index (χ1n) is 9.05. The zero-order valence-corrected chi connectivity index (χ0v) is 18.7. The van der Waals surface area contributed by atoms with Gasteiger partial charge in [0.05, 0.1) is 11.6 Å². The molecule has 1 aromatic carbocycles. The fraction of sp³-hybridized carbons (Fsp3) is 0.368. The van der Waals surface area contributed by atoms with Crippen LogP contribution in [0.5, 0.6) is 0 Å². The van der Waals surface area contributed by atoms with Crippen molar-refractivity contribution in [3.8, 4) is 0 Å². The first-order chi connectivity index (χ1) is 13.2. The minimum Gasteiger partial charge on any atom is -0.368 e. The van der Waals surface area contributed by atoms with Crippen molar-refractivity contribution < 1.29 is 0 Å². The van der Waals surface area contributed by atoms with Crippen molar-refractivity contribution in [1.82, 2.24) is 30.4 Å². The van der Waals surface area contributed by atoms with Crippen LogP contribution in [0.3, 0.4) is 0 Å². The monoisotopic (exact) mass is 494 g/mol. The number of hydrogen-bond acceptors (Lipinski definition) is 5. The lowest BCUT2D eigenvalue weighted by molar-refractivity contribution is 0.700. The molecular formula is C19H27IN8. The Kier molecular flexibility index (Phi) is 8.42. The second-order valence-corrected chi connectivity index (χ2v) is 6.35. The molecule has 3 N–H and O–H groups in total. The van der Waals surface area contributed by atoms with Crippen LogP contribution >= 0.6 is 24.0 Å². The summed E-state index contributed by atoms with van der Waals surface area (Å²) in [6, 6.07) is 10.5. The van der Waals surface area contributed by atoms with E-state index in [0.29, 0.717) is 19.0 Å². The van der Waals surface area contributed by atoms with Gasteiger partial charge < -0.3 is 16.0 Å². The Bertz CT molecular complexity index is 893. The average Bonchev–Trinajstić information content (AvgIpc) is 3.09. The van der Waals surface area contributed by atoms with Crippen LogP contribution in [-0.2, 0) is 7.05 Å². The van der Waals surface area contributed by atoms with Crippen LogP contribution in [0.25, 0.3) is 11.0 Å². The summed E-state index contributed by atoms with van der Waals surface area (Å²) in [5, 5.41) is 15.1. The fourth-order valence-corrected chi connectivity index (χ4v) is 2.83.